The molecule has 0 aliphatic heterocycles. The molecule has 116 valence electrons. The molecule has 0 atom stereocenters. The third kappa shape index (κ3) is 3.70. The molecule has 2 heterocycles. The first kappa shape index (κ1) is 15.1. The van der Waals surface area contributed by atoms with Crippen molar-refractivity contribution in [1.82, 2.24) is 14.8 Å². The molecule has 23 heavy (non-hydrogen) atoms. The molecule has 0 unspecified atom stereocenters. The first-order valence-corrected chi connectivity index (χ1v) is 7.85. The van der Waals surface area contributed by atoms with Gasteiger partial charge in [0.15, 0.2) is 5.13 Å². The van der Waals surface area contributed by atoms with Crippen LogP contribution in [-0.2, 0) is 11.3 Å². The number of thiazole rings is 1. The van der Waals surface area contributed by atoms with Crippen molar-refractivity contribution >= 4 is 22.4 Å². The van der Waals surface area contributed by atoms with E-state index in [1.165, 1.54) is 29.0 Å². The first-order valence-electron chi connectivity index (χ1n) is 6.97. The van der Waals surface area contributed by atoms with Crippen molar-refractivity contribution in [2.24, 2.45) is 0 Å². The molecule has 0 radical (unpaired) electrons. The molecule has 0 fully saturated rings. The Morgan fingerprint density at radius 1 is 1.22 bits per heavy atom. The van der Waals surface area contributed by atoms with Crippen molar-refractivity contribution in [3.05, 3.63) is 63.9 Å². The lowest BCUT2D eigenvalue weighted by molar-refractivity contribution is -0.114. The van der Waals surface area contributed by atoms with Crippen LogP contribution in [0.1, 0.15) is 12.6 Å². The lowest BCUT2D eigenvalue weighted by Crippen LogP contribution is -2.23. The summed E-state index contributed by atoms with van der Waals surface area (Å²) >= 11 is 1.32. The molecular weight excluding hydrogens is 312 g/mol. The molecule has 0 bridgehead atoms. The maximum Gasteiger partial charge on any atom is 0.267 e. The Hall–Kier alpha value is -2.80. The van der Waals surface area contributed by atoms with E-state index in [0.717, 1.165) is 11.3 Å². The highest BCUT2D eigenvalue weighted by Crippen LogP contribution is 2.17. The van der Waals surface area contributed by atoms with Crippen LogP contribution in [0.15, 0.2) is 52.6 Å². The minimum absolute atomic E-state index is 0.174. The second-order valence-electron chi connectivity index (χ2n) is 4.91. The van der Waals surface area contributed by atoms with Crippen molar-refractivity contribution in [2.75, 3.05) is 5.32 Å². The van der Waals surface area contributed by atoms with Crippen LogP contribution in [0.25, 0.3) is 11.3 Å². The molecule has 1 N–H and O–H groups in total. The van der Waals surface area contributed by atoms with Crippen molar-refractivity contribution in [2.45, 2.75) is 13.5 Å². The molecule has 3 rings (SSSR count). The quantitative estimate of drug-likeness (QED) is 0.798. The van der Waals surface area contributed by atoms with Gasteiger partial charge in [-0.2, -0.15) is 5.10 Å². The molecule has 0 aliphatic rings. The maximum absolute atomic E-state index is 12.0. The van der Waals surface area contributed by atoms with E-state index in [1.54, 1.807) is 11.4 Å². The molecule has 1 aromatic carbocycles. The molecule has 2 aromatic heterocycles. The summed E-state index contributed by atoms with van der Waals surface area (Å²) in [6.45, 7) is 1.69. The molecule has 0 saturated heterocycles. The van der Waals surface area contributed by atoms with E-state index in [1.807, 2.05) is 30.3 Å². The topological polar surface area (TPSA) is 76.9 Å². The van der Waals surface area contributed by atoms with Crippen LogP contribution in [0.3, 0.4) is 0 Å². The monoisotopic (exact) mass is 326 g/mol. The predicted octanol–water partition coefficient (Wildman–Crippen LogP) is 2.37. The minimum Gasteiger partial charge on any atom is -0.302 e. The lowest BCUT2D eigenvalue weighted by Gasteiger charge is -2.05. The number of rotatable bonds is 4. The fourth-order valence-corrected chi connectivity index (χ4v) is 2.81. The largest absolute Gasteiger partial charge is 0.302 e. The molecule has 0 saturated carbocycles. The SMILES string of the molecule is CC(=O)Nc1nc(Cn2nc(-c3ccccc3)ccc2=O)cs1. The number of hydrogen-bond acceptors (Lipinski definition) is 5. The fourth-order valence-electron chi connectivity index (χ4n) is 2.07. The van der Waals surface area contributed by atoms with Crippen LogP contribution in [0, 0.1) is 0 Å². The summed E-state index contributed by atoms with van der Waals surface area (Å²) in [5, 5.41) is 9.33. The normalized spacial score (nSPS) is 10.5. The van der Waals surface area contributed by atoms with E-state index in [-0.39, 0.29) is 18.0 Å². The summed E-state index contributed by atoms with van der Waals surface area (Å²) in [4.78, 5) is 27.3. The van der Waals surface area contributed by atoms with E-state index in [4.69, 9.17) is 0 Å². The van der Waals surface area contributed by atoms with E-state index in [9.17, 15) is 9.59 Å². The molecular formula is C16H14N4O2S. The van der Waals surface area contributed by atoms with Gasteiger partial charge in [0.05, 0.1) is 17.9 Å². The molecule has 1 amide bonds. The predicted molar refractivity (Wildman–Crippen MR) is 89.5 cm³/mol. The number of nitrogens with zero attached hydrogens (tertiary/aromatic N) is 3. The van der Waals surface area contributed by atoms with Gasteiger partial charge in [-0.25, -0.2) is 9.67 Å². The first-order chi connectivity index (χ1) is 11.1. The van der Waals surface area contributed by atoms with E-state index >= 15 is 0 Å². The highest BCUT2D eigenvalue weighted by Gasteiger charge is 2.07. The Morgan fingerprint density at radius 3 is 2.74 bits per heavy atom. The minimum atomic E-state index is -0.196. The van der Waals surface area contributed by atoms with Crippen LogP contribution >= 0.6 is 11.3 Å². The summed E-state index contributed by atoms with van der Waals surface area (Å²) in [5.74, 6) is -0.174. The van der Waals surface area contributed by atoms with Gasteiger partial charge in [0.25, 0.3) is 5.56 Å². The Labute approximate surface area is 136 Å². The third-order valence-corrected chi connectivity index (χ3v) is 3.89. The van der Waals surface area contributed by atoms with E-state index < -0.39 is 0 Å². The van der Waals surface area contributed by atoms with Crippen LogP contribution in [0.4, 0.5) is 5.13 Å². The van der Waals surface area contributed by atoms with Crippen LogP contribution in [0.5, 0.6) is 0 Å². The van der Waals surface area contributed by atoms with E-state index in [0.29, 0.717) is 10.8 Å². The van der Waals surface area contributed by atoms with Crippen molar-refractivity contribution in [3.63, 3.8) is 0 Å². The van der Waals surface area contributed by atoms with Gasteiger partial charge in [0, 0.05) is 23.9 Å². The van der Waals surface area contributed by atoms with Gasteiger partial charge in [-0.05, 0) is 6.07 Å². The van der Waals surface area contributed by atoms with Gasteiger partial charge in [-0.3, -0.25) is 9.59 Å². The number of amides is 1. The number of hydrogen-bond donors (Lipinski definition) is 1. The van der Waals surface area contributed by atoms with Crippen LogP contribution < -0.4 is 10.9 Å². The smallest absolute Gasteiger partial charge is 0.267 e. The molecule has 6 nitrogen and oxygen atoms in total. The van der Waals surface area contributed by atoms with Crippen molar-refractivity contribution < 1.29 is 4.79 Å². The second kappa shape index (κ2) is 6.53. The fraction of sp³-hybridized carbons (Fsp3) is 0.125. The molecule has 7 heteroatoms. The van der Waals surface area contributed by atoms with Gasteiger partial charge in [0.2, 0.25) is 5.91 Å². The number of benzene rings is 1. The molecule has 0 spiro atoms. The summed E-state index contributed by atoms with van der Waals surface area (Å²) < 4.78 is 1.37. The average Bonchev–Trinajstić information content (AvgIpc) is 2.96. The second-order valence-corrected chi connectivity index (χ2v) is 5.76. The number of aromatic nitrogens is 3. The summed E-state index contributed by atoms with van der Waals surface area (Å²) in [6, 6.07) is 12.9. The van der Waals surface area contributed by atoms with Crippen LogP contribution in [0.2, 0.25) is 0 Å². The van der Waals surface area contributed by atoms with Crippen LogP contribution in [-0.4, -0.2) is 20.7 Å². The summed E-state index contributed by atoms with van der Waals surface area (Å²) in [7, 11) is 0. The lowest BCUT2D eigenvalue weighted by atomic mass is 10.1. The Balaban J connectivity index is 1.86. The number of anilines is 1. The molecule has 3 aromatic rings. The van der Waals surface area contributed by atoms with Gasteiger partial charge in [0.1, 0.15) is 0 Å². The zero-order chi connectivity index (χ0) is 16.2. The Kier molecular flexibility index (Phi) is 4.29. The van der Waals surface area contributed by atoms with Gasteiger partial charge in [-0.1, -0.05) is 30.3 Å². The molecule has 0 aliphatic carbocycles. The summed E-state index contributed by atoms with van der Waals surface area (Å²) in [6.07, 6.45) is 0. The highest BCUT2D eigenvalue weighted by molar-refractivity contribution is 7.13. The van der Waals surface area contributed by atoms with Crippen molar-refractivity contribution in [1.29, 1.82) is 0 Å². The third-order valence-electron chi connectivity index (χ3n) is 3.08. The standard InChI is InChI=1S/C16H14N4O2S/c1-11(21)17-16-18-13(10-23-16)9-20-15(22)8-7-14(19-20)12-5-3-2-4-6-12/h2-8,10H,9H2,1H3,(H,17,18,21). The maximum atomic E-state index is 12.0. The van der Waals surface area contributed by atoms with E-state index in [2.05, 4.69) is 15.4 Å². The Bertz CT molecular complexity index is 886. The van der Waals surface area contributed by atoms with Gasteiger partial charge < -0.3 is 5.32 Å². The van der Waals surface area contributed by atoms with Crippen molar-refractivity contribution in [3.8, 4) is 11.3 Å². The highest BCUT2D eigenvalue weighted by atomic mass is 32.1. The zero-order valence-electron chi connectivity index (χ0n) is 12.4. The van der Waals surface area contributed by atoms with Gasteiger partial charge >= 0.3 is 0 Å². The zero-order valence-corrected chi connectivity index (χ0v) is 13.2. The average molecular weight is 326 g/mol. The number of carbonyl (C=O) groups is 1. The number of carbonyl (C=O) groups excluding carboxylic acids is 1. The van der Waals surface area contributed by atoms with Gasteiger partial charge in [-0.15, -0.1) is 11.3 Å². The Morgan fingerprint density at radius 2 is 2.00 bits per heavy atom. The summed E-state index contributed by atoms with van der Waals surface area (Å²) in [5.41, 5.74) is 2.15. The number of nitrogens with one attached hydrogen (secondary N) is 1.